The monoisotopic (exact) mass is 311 g/mol. The van der Waals surface area contributed by atoms with Crippen LogP contribution in [0.15, 0.2) is 18.2 Å². The number of sulfone groups is 1. The summed E-state index contributed by atoms with van der Waals surface area (Å²) >= 11 is 0. The molecule has 1 saturated heterocycles. The number of nitrogen functional groups attached to an aromatic ring is 1. The van der Waals surface area contributed by atoms with Crippen LogP contribution >= 0.6 is 0 Å². The number of carbonyl (C=O) groups is 1. The largest absolute Gasteiger partial charge is 0.399 e. The molecule has 1 heterocycles. The Morgan fingerprint density at radius 2 is 2.19 bits per heavy atom. The highest BCUT2D eigenvalue weighted by Gasteiger charge is 2.29. The average molecular weight is 311 g/mol. The molecule has 2 rings (SSSR count). The minimum Gasteiger partial charge on any atom is -0.399 e. The van der Waals surface area contributed by atoms with Crippen molar-refractivity contribution in [2.75, 3.05) is 35.6 Å². The van der Waals surface area contributed by atoms with E-state index in [1.807, 2.05) is 24.8 Å². The van der Waals surface area contributed by atoms with Crippen LogP contribution in [-0.4, -0.2) is 49.9 Å². The lowest BCUT2D eigenvalue weighted by Gasteiger charge is -2.32. The van der Waals surface area contributed by atoms with E-state index in [-0.39, 0.29) is 30.0 Å². The maximum atomic E-state index is 12.1. The minimum atomic E-state index is -2.96. The van der Waals surface area contributed by atoms with Crippen LogP contribution in [0.1, 0.15) is 12.5 Å². The van der Waals surface area contributed by atoms with Gasteiger partial charge in [0.05, 0.1) is 18.1 Å². The van der Waals surface area contributed by atoms with Crippen LogP contribution in [-0.2, 0) is 14.6 Å². The normalized spacial score (nSPS) is 21.9. The summed E-state index contributed by atoms with van der Waals surface area (Å²) in [6.07, 6.45) is 0. The van der Waals surface area contributed by atoms with E-state index < -0.39 is 9.84 Å². The summed E-state index contributed by atoms with van der Waals surface area (Å²) in [6.45, 7) is 4.30. The molecule has 1 aromatic rings. The van der Waals surface area contributed by atoms with Crippen LogP contribution in [0.5, 0.6) is 0 Å². The van der Waals surface area contributed by atoms with Gasteiger partial charge < -0.3 is 11.1 Å². The van der Waals surface area contributed by atoms with Crippen molar-refractivity contribution in [1.29, 1.82) is 0 Å². The number of hydrogen-bond acceptors (Lipinski definition) is 5. The predicted octanol–water partition coefficient (Wildman–Crippen LogP) is 0.635. The molecule has 1 amide bonds. The van der Waals surface area contributed by atoms with Gasteiger partial charge in [-0.1, -0.05) is 6.07 Å². The smallest absolute Gasteiger partial charge is 0.238 e. The number of nitrogens with two attached hydrogens (primary N) is 1. The van der Waals surface area contributed by atoms with Crippen molar-refractivity contribution < 1.29 is 13.2 Å². The summed E-state index contributed by atoms with van der Waals surface area (Å²) in [5, 5.41) is 2.83. The van der Waals surface area contributed by atoms with Crippen LogP contribution in [0.25, 0.3) is 0 Å². The van der Waals surface area contributed by atoms with Gasteiger partial charge in [0, 0.05) is 24.0 Å². The molecule has 0 saturated carbocycles. The first-order valence-corrected chi connectivity index (χ1v) is 8.69. The molecule has 0 bridgehead atoms. The van der Waals surface area contributed by atoms with Crippen molar-refractivity contribution in [3.63, 3.8) is 0 Å². The van der Waals surface area contributed by atoms with Crippen LogP contribution in [0.2, 0.25) is 0 Å². The molecule has 1 fully saturated rings. The van der Waals surface area contributed by atoms with Crippen molar-refractivity contribution in [2.45, 2.75) is 19.9 Å². The van der Waals surface area contributed by atoms with Crippen LogP contribution in [0.4, 0.5) is 11.4 Å². The molecule has 1 aromatic carbocycles. The SMILES string of the molecule is Cc1ccc(N)cc1NC(=O)CN1CCS(=O)(=O)CC1C. The van der Waals surface area contributed by atoms with E-state index in [0.717, 1.165) is 5.56 Å². The van der Waals surface area contributed by atoms with Gasteiger partial charge in [-0.15, -0.1) is 0 Å². The first-order valence-electron chi connectivity index (χ1n) is 6.87. The fourth-order valence-electron chi connectivity index (χ4n) is 2.42. The maximum absolute atomic E-state index is 12.1. The van der Waals surface area contributed by atoms with E-state index in [9.17, 15) is 13.2 Å². The van der Waals surface area contributed by atoms with E-state index in [1.54, 1.807) is 12.1 Å². The molecule has 6 nitrogen and oxygen atoms in total. The van der Waals surface area contributed by atoms with Crippen molar-refractivity contribution in [3.05, 3.63) is 23.8 Å². The van der Waals surface area contributed by atoms with Crippen molar-refractivity contribution in [3.8, 4) is 0 Å². The summed E-state index contributed by atoms with van der Waals surface area (Å²) in [5.74, 6) is 0.0642. The highest BCUT2D eigenvalue weighted by Crippen LogP contribution is 2.18. The Balaban J connectivity index is 1.97. The second-order valence-electron chi connectivity index (χ2n) is 5.56. The second kappa shape index (κ2) is 6.03. The molecule has 0 radical (unpaired) electrons. The number of aryl methyl sites for hydroxylation is 1. The number of nitrogens with one attached hydrogen (secondary N) is 1. The van der Waals surface area contributed by atoms with Crippen molar-refractivity contribution in [1.82, 2.24) is 4.90 Å². The van der Waals surface area contributed by atoms with Gasteiger partial charge in [-0.25, -0.2) is 8.42 Å². The lowest BCUT2D eigenvalue weighted by atomic mass is 10.2. The summed E-state index contributed by atoms with van der Waals surface area (Å²) in [4.78, 5) is 14.0. The Morgan fingerprint density at radius 1 is 1.48 bits per heavy atom. The van der Waals surface area contributed by atoms with Crippen LogP contribution in [0.3, 0.4) is 0 Å². The van der Waals surface area contributed by atoms with E-state index in [0.29, 0.717) is 17.9 Å². The molecule has 3 N–H and O–H groups in total. The number of nitrogens with zero attached hydrogens (tertiary/aromatic N) is 1. The fourth-order valence-corrected chi connectivity index (χ4v) is 4.04. The van der Waals surface area contributed by atoms with Crippen molar-refractivity contribution in [2.24, 2.45) is 0 Å². The summed E-state index contributed by atoms with van der Waals surface area (Å²) in [6, 6.07) is 5.21. The number of hydrogen-bond donors (Lipinski definition) is 2. The molecular formula is C14H21N3O3S. The Hall–Kier alpha value is -1.60. The summed E-state index contributed by atoms with van der Waals surface area (Å²) < 4.78 is 23.0. The van der Waals surface area contributed by atoms with E-state index in [4.69, 9.17) is 5.73 Å². The third-order valence-corrected chi connectivity index (χ3v) is 5.49. The zero-order valence-electron chi connectivity index (χ0n) is 12.3. The molecule has 0 aromatic heterocycles. The lowest BCUT2D eigenvalue weighted by Crippen LogP contribution is -2.49. The Labute approximate surface area is 125 Å². The fraction of sp³-hybridized carbons (Fsp3) is 0.500. The zero-order valence-corrected chi connectivity index (χ0v) is 13.1. The van der Waals surface area contributed by atoms with Gasteiger partial charge in [-0.3, -0.25) is 9.69 Å². The minimum absolute atomic E-state index is 0.109. The predicted molar refractivity (Wildman–Crippen MR) is 83.9 cm³/mol. The summed E-state index contributed by atoms with van der Waals surface area (Å²) in [7, 11) is -2.96. The standard InChI is InChI=1S/C14H21N3O3S/c1-10-3-4-12(15)7-13(10)16-14(18)8-17-5-6-21(19,20)9-11(17)2/h3-4,7,11H,5-6,8-9,15H2,1-2H3,(H,16,18). The third kappa shape index (κ3) is 4.18. The second-order valence-corrected chi connectivity index (χ2v) is 7.79. The Bertz CT molecular complexity index is 643. The molecule has 21 heavy (non-hydrogen) atoms. The van der Waals surface area contributed by atoms with E-state index in [1.165, 1.54) is 0 Å². The number of rotatable bonds is 3. The molecular weight excluding hydrogens is 290 g/mol. The molecule has 0 aliphatic carbocycles. The zero-order chi connectivity index (χ0) is 15.6. The number of amides is 1. The summed E-state index contributed by atoms with van der Waals surface area (Å²) in [5.41, 5.74) is 7.93. The molecule has 1 aliphatic rings. The molecule has 7 heteroatoms. The highest BCUT2D eigenvalue weighted by molar-refractivity contribution is 7.91. The maximum Gasteiger partial charge on any atom is 0.238 e. The molecule has 1 aliphatic heterocycles. The van der Waals surface area contributed by atoms with Gasteiger partial charge in [0.1, 0.15) is 0 Å². The molecule has 116 valence electrons. The van der Waals surface area contributed by atoms with E-state index in [2.05, 4.69) is 5.32 Å². The number of benzene rings is 1. The van der Waals surface area contributed by atoms with Gasteiger partial charge in [0.2, 0.25) is 5.91 Å². The molecule has 1 unspecified atom stereocenters. The van der Waals surface area contributed by atoms with Crippen LogP contribution in [0, 0.1) is 6.92 Å². The molecule has 1 atom stereocenters. The third-order valence-electron chi connectivity index (χ3n) is 3.69. The Morgan fingerprint density at radius 3 is 2.86 bits per heavy atom. The average Bonchev–Trinajstić information content (AvgIpc) is 2.37. The van der Waals surface area contributed by atoms with Crippen molar-refractivity contribution >= 4 is 27.1 Å². The van der Waals surface area contributed by atoms with Gasteiger partial charge >= 0.3 is 0 Å². The number of anilines is 2. The first kappa shape index (κ1) is 15.8. The quantitative estimate of drug-likeness (QED) is 0.799. The molecule has 0 spiro atoms. The topological polar surface area (TPSA) is 92.5 Å². The lowest BCUT2D eigenvalue weighted by molar-refractivity contribution is -0.117. The van der Waals surface area contributed by atoms with E-state index >= 15 is 0 Å². The van der Waals surface area contributed by atoms with Gasteiger partial charge in [-0.2, -0.15) is 0 Å². The highest BCUT2D eigenvalue weighted by atomic mass is 32.2. The van der Waals surface area contributed by atoms with Gasteiger partial charge in [-0.05, 0) is 31.5 Å². The Kier molecular flexibility index (Phi) is 4.53. The van der Waals surface area contributed by atoms with Gasteiger partial charge in [0.25, 0.3) is 0 Å². The number of carbonyl (C=O) groups excluding carboxylic acids is 1. The van der Waals surface area contributed by atoms with Gasteiger partial charge in [0.15, 0.2) is 9.84 Å². The van der Waals surface area contributed by atoms with Crippen LogP contribution < -0.4 is 11.1 Å². The first-order chi connectivity index (χ1) is 9.77.